The van der Waals surface area contributed by atoms with E-state index in [-0.39, 0.29) is 38.6 Å². The lowest BCUT2D eigenvalue weighted by Gasteiger charge is -2.26. The molecule has 0 N–H and O–H groups in total. The zero-order valence-electron chi connectivity index (χ0n) is 64.6. The maximum atomic E-state index is 13.0. The summed E-state index contributed by atoms with van der Waals surface area (Å²) in [6.45, 7) is 4.54. The molecule has 0 rings (SSSR count). The van der Waals surface area contributed by atoms with E-state index in [4.69, 9.17) is 18.9 Å². The number of carboxylic acids is 1. The number of likely N-dealkylation sites (N-methyl/N-ethyl adjacent to an activating group) is 1. The smallest absolute Gasteiger partial charge is 0.306 e. The summed E-state index contributed by atoms with van der Waals surface area (Å²) in [6, 6.07) is 0. The highest BCUT2D eigenvalue weighted by molar-refractivity contribution is 5.70. The molecule has 564 valence electrons. The fourth-order valence-corrected chi connectivity index (χ4v) is 11.2. The summed E-state index contributed by atoms with van der Waals surface area (Å²) in [6.07, 6.45) is 114. The summed E-state index contributed by atoms with van der Waals surface area (Å²) in [4.78, 5) is 37.6. The van der Waals surface area contributed by atoms with Crippen molar-refractivity contribution in [2.75, 3.05) is 47.5 Å². The molecule has 0 bridgehead atoms. The molecule has 2 atom stereocenters. The van der Waals surface area contributed by atoms with Gasteiger partial charge in [-0.15, -0.1) is 0 Å². The maximum Gasteiger partial charge on any atom is 0.306 e. The first-order valence-electron chi connectivity index (χ1n) is 40.6. The molecule has 0 aliphatic rings. The van der Waals surface area contributed by atoms with E-state index >= 15 is 0 Å². The quantitative estimate of drug-likeness (QED) is 0.0195. The molecule has 0 radical (unpaired) electrons. The van der Waals surface area contributed by atoms with Crippen LogP contribution in [0.25, 0.3) is 0 Å². The third-order valence-corrected chi connectivity index (χ3v) is 17.3. The molecule has 9 heteroatoms. The molecule has 0 heterocycles. The fourth-order valence-electron chi connectivity index (χ4n) is 11.2. The van der Waals surface area contributed by atoms with E-state index in [9.17, 15) is 19.5 Å². The summed E-state index contributed by atoms with van der Waals surface area (Å²) >= 11 is 0. The third-order valence-electron chi connectivity index (χ3n) is 17.3. The van der Waals surface area contributed by atoms with E-state index in [2.05, 4.69) is 172 Å². The Balaban J connectivity index is 4.04. The standard InChI is InChI=1S/C90H151NO8/c1-6-8-10-12-14-16-18-20-22-24-26-28-30-32-34-36-38-40-42-43-44-45-47-49-51-53-55-57-59-61-63-65-67-69-71-73-75-77-79-81-88(93)99-86(85-98-90(89(94)95)96-83-82-91(3,4)5)84-97-87(92)80-78-76-74-72-70-68-66-64-62-60-58-56-54-52-50-48-46-41-39-37-35-33-31-29-27-25-23-21-19-17-15-13-11-9-7-2/h8-11,14-17,20-23,26-29,32-35,38,40,43-44,47,49,86,90H,6-7,12-13,18-19,24-25,30-31,36-37,39,41-42,45-46,48,50-85H2,1-5H3/b10-8-,11-9-,16-14-,17-15-,22-20-,23-21-,28-26-,29-27-,34-32-,35-33-,40-38-,44-43-,49-47-. The molecular formula is C90H151NO8. The largest absolute Gasteiger partial charge is 0.545 e. The number of esters is 2. The molecule has 0 aromatic heterocycles. The Bertz CT molecular complexity index is 2200. The Labute approximate surface area is 610 Å². The lowest BCUT2D eigenvalue weighted by molar-refractivity contribution is -0.870. The average molecular weight is 1380 g/mol. The van der Waals surface area contributed by atoms with Crippen molar-refractivity contribution >= 4 is 17.9 Å². The molecule has 0 saturated carbocycles. The van der Waals surface area contributed by atoms with Crippen LogP contribution in [0.4, 0.5) is 0 Å². The highest BCUT2D eigenvalue weighted by Crippen LogP contribution is 2.18. The van der Waals surface area contributed by atoms with Crippen molar-refractivity contribution in [1.82, 2.24) is 0 Å². The number of carbonyl (C=O) groups is 3. The number of carbonyl (C=O) groups excluding carboxylic acids is 3. The van der Waals surface area contributed by atoms with Gasteiger partial charge in [-0.3, -0.25) is 9.59 Å². The molecule has 0 aromatic rings. The van der Waals surface area contributed by atoms with Gasteiger partial charge in [0, 0.05) is 12.8 Å². The number of quaternary nitrogens is 1. The van der Waals surface area contributed by atoms with Crippen LogP contribution in [-0.2, 0) is 33.3 Å². The number of ether oxygens (including phenoxy) is 4. The van der Waals surface area contributed by atoms with Gasteiger partial charge in [0.2, 0.25) is 0 Å². The second-order valence-electron chi connectivity index (χ2n) is 27.9. The first kappa shape index (κ1) is 93.9. The Morgan fingerprint density at radius 1 is 0.303 bits per heavy atom. The van der Waals surface area contributed by atoms with Gasteiger partial charge in [-0.1, -0.05) is 358 Å². The number of hydrogen-bond donors (Lipinski definition) is 0. The summed E-state index contributed by atoms with van der Waals surface area (Å²) in [5.74, 6) is -2.28. The highest BCUT2D eigenvalue weighted by atomic mass is 16.7. The minimum atomic E-state index is -1.63. The number of unbranched alkanes of at least 4 members (excludes halogenated alkanes) is 33. The third kappa shape index (κ3) is 80.1. The fraction of sp³-hybridized carbons (Fsp3) is 0.678. The summed E-state index contributed by atoms with van der Waals surface area (Å²) in [5, 5.41) is 11.9. The van der Waals surface area contributed by atoms with Crippen LogP contribution in [0.5, 0.6) is 0 Å². The monoisotopic (exact) mass is 1370 g/mol. The van der Waals surface area contributed by atoms with Gasteiger partial charge >= 0.3 is 11.9 Å². The van der Waals surface area contributed by atoms with Crippen LogP contribution in [-0.4, -0.2) is 82.3 Å². The number of hydrogen-bond acceptors (Lipinski definition) is 8. The number of carboxylic acid groups (broad SMARTS) is 1. The molecule has 0 fully saturated rings. The SMILES string of the molecule is CC/C=C\C/C=C\C/C=C\C/C=C\C/C=C\C/C=C\C/C=C\C/C=C\CCCCCCCCCCCCCCCCC(=O)OC(COC(=O)CCCCCCCCCCCCCCCCCCCCC/C=C\C/C=C\C/C=C\C/C=C\C/C=C\CC)COC(OCC[N+](C)(C)C)C(=O)[O-]. The van der Waals surface area contributed by atoms with Gasteiger partial charge in [0.15, 0.2) is 12.4 Å². The molecule has 0 aliphatic heterocycles. The molecule has 0 spiro atoms. The second-order valence-corrected chi connectivity index (χ2v) is 27.9. The van der Waals surface area contributed by atoms with Gasteiger partial charge in [0.25, 0.3) is 0 Å². The molecule has 99 heavy (non-hydrogen) atoms. The lowest BCUT2D eigenvalue weighted by Crippen LogP contribution is -2.44. The molecule has 0 saturated heterocycles. The Morgan fingerprint density at radius 2 is 0.545 bits per heavy atom. The van der Waals surface area contributed by atoms with Gasteiger partial charge < -0.3 is 33.3 Å². The van der Waals surface area contributed by atoms with Gasteiger partial charge in [0.05, 0.1) is 40.3 Å². The summed E-state index contributed by atoms with van der Waals surface area (Å²) in [7, 11) is 5.94. The van der Waals surface area contributed by atoms with E-state index in [1.807, 2.05) is 21.1 Å². The van der Waals surface area contributed by atoms with Crippen molar-refractivity contribution in [2.24, 2.45) is 0 Å². The second kappa shape index (κ2) is 78.6. The van der Waals surface area contributed by atoms with Crippen molar-refractivity contribution < 1.29 is 42.9 Å². The number of allylic oxidation sites excluding steroid dienone is 26. The van der Waals surface area contributed by atoms with Gasteiger partial charge in [-0.05, 0) is 122 Å². The van der Waals surface area contributed by atoms with Crippen LogP contribution < -0.4 is 5.11 Å². The molecule has 0 amide bonds. The predicted octanol–water partition coefficient (Wildman–Crippen LogP) is 25.0. The Hall–Kier alpha value is -5.09. The van der Waals surface area contributed by atoms with E-state index in [0.29, 0.717) is 17.4 Å². The van der Waals surface area contributed by atoms with E-state index in [1.54, 1.807) is 0 Å². The van der Waals surface area contributed by atoms with Crippen molar-refractivity contribution in [3.63, 3.8) is 0 Å². The lowest BCUT2D eigenvalue weighted by atomic mass is 10.0. The van der Waals surface area contributed by atoms with E-state index in [0.717, 1.165) is 122 Å². The normalized spacial score (nSPS) is 13.5. The van der Waals surface area contributed by atoms with Crippen LogP contribution in [0, 0.1) is 0 Å². The minimum Gasteiger partial charge on any atom is -0.545 e. The zero-order valence-corrected chi connectivity index (χ0v) is 64.6. The molecule has 0 aliphatic carbocycles. The number of nitrogens with zero attached hydrogens (tertiary/aromatic N) is 1. The van der Waals surface area contributed by atoms with Crippen molar-refractivity contribution in [3.8, 4) is 0 Å². The first-order chi connectivity index (χ1) is 48.6. The van der Waals surface area contributed by atoms with E-state index in [1.165, 1.54) is 180 Å². The molecule has 2 unspecified atom stereocenters. The topological polar surface area (TPSA) is 111 Å². The van der Waals surface area contributed by atoms with Crippen LogP contribution in [0.2, 0.25) is 0 Å². The Kier molecular flexibility index (Phi) is 74.6. The van der Waals surface area contributed by atoms with Crippen LogP contribution in [0.1, 0.15) is 335 Å². The average Bonchev–Trinajstić information content (AvgIpc) is 1.14. The van der Waals surface area contributed by atoms with Crippen molar-refractivity contribution in [1.29, 1.82) is 0 Å². The van der Waals surface area contributed by atoms with Gasteiger partial charge in [-0.25, -0.2) is 0 Å². The molecule has 0 aromatic carbocycles. The van der Waals surface area contributed by atoms with Crippen molar-refractivity contribution in [3.05, 3.63) is 158 Å². The van der Waals surface area contributed by atoms with Crippen molar-refractivity contribution in [2.45, 2.75) is 347 Å². The van der Waals surface area contributed by atoms with Crippen LogP contribution in [0.3, 0.4) is 0 Å². The predicted molar refractivity (Wildman–Crippen MR) is 425 cm³/mol. The zero-order chi connectivity index (χ0) is 71.8. The summed E-state index contributed by atoms with van der Waals surface area (Å²) < 4.78 is 22.9. The van der Waals surface area contributed by atoms with Gasteiger partial charge in [0.1, 0.15) is 13.2 Å². The van der Waals surface area contributed by atoms with Crippen LogP contribution >= 0.6 is 0 Å². The minimum absolute atomic E-state index is 0.143. The van der Waals surface area contributed by atoms with Gasteiger partial charge in [-0.2, -0.15) is 0 Å². The Morgan fingerprint density at radius 3 is 0.808 bits per heavy atom. The van der Waals surface area contributed by atoms with Crippen LogP contribution in [0.15, 0.2) is 158 Å². The summed E-state index contributed by atoms with van der Waals surface area (Å²) in [5.41, 5.74) is 0. The molecular weight excluding hydrogens is 1220 g/mol. The maximum absolute atomic E-state index is 13.0. The number of rotatable bonds is 74. The van der Waals surface area contributed by atoms with E-state index < -0.39 is 24.3 Å². The first-order valence-corrected chi connectivity index (χ1v) is 40.6. The highest BCUT2D eigenvalue weighted by Gasteiger charge is 2.22. The molecule has 9 nitrogen and oxygen atoms in total. The number of aliphatic carboxylic acids is 1.